The van der Waals surface area contributed by atoms with Crippen LogP contribution < -0.4 is 5.32 Å². The molecule has 1 aliphatic rings. The molecular formula is C12H18N2. The number of nitrogens with one attached hydrogen (secondary N) is 1. The third kappa shape index (κ3) is 2.74. The first-order valence-electron chi connectivity index (χ1n) is 5.35. The van der Waals surface area contributed by atoms with Crippen molar-refractivity contribution in [2.75, 3.05) is 25.5 Å². The highest BCUT2D eigenvalue weighted by Crippen LogP contribution is 2.24. The molecule has 2 heteroatoms. The molecule has 0 aromatic heterocycles. The van der Waals surface area contributed by atoms with Crippen LogP contribution in [-0.4, -0.2) is 31.1 Å². The highest BCUT2D eigenvalue weighted by atomic mass is 15.2. The van der Waals surface area contributed by atoms with Crippen LogP contribution in [0.25, 0.3) is 0 Å². The molecule has 0 spiro atoms. The number of nitrogens with zero attached hydrogens (tertiary/aromatic N) is 1. The van der Waals surface area contributed by atoms with Crippen LogP contribution in [-0.2, 0) is 0 Å². The van der Waals surface area contributed by atoms with Crippen molar-refractivity contribution in [3.63, 3.8) is 0 Å². The second kappa shape index (κ2) is 4.47. The van der Waals surface area contributed by atoms with E-state index in [0.717, 1.165) is 19.1 Å². The van der Waals surface area contributed by atoms with E-state index in [0.29, 0.717) is 0 Å². The third-order valence-electron chi connectivity index (χ3n) is 2.74. The molecular weight excluding hydrogens is 172 g/mol. The van der Waals surface area contributed by atoms with Gasteiger partial charge in [0.2, 0.25) is 0 Å². The van der Waals surface area contributed by atoms with Crippen molar-refractivity contribution in [1.29, 1.82) is 0 Å². The topological polar surface area (TPSA) is 15.3 Å². The molecule has 1 aromatic rings. The van der Waals surface area contributed by atoms with Gasteiger partial charge in [0, 0.05) is 24.8 Å². The SMILES string of the molecule is CN(CCNc1ccccc1)C1CC1. The monoisotopic (exact) mass is 190 g/mol. The van der Waals surface area contributed by atoms with Gasteiger partial charge in [0.1, 0.15) is 0 Å². The number of benzene rings is 1. The Kier molecular flexibility index (Phi) is 3.04. The first-order valence-corrected chi connectivity index (χ1v) is 5.35. The van der Waals surface area contributed by atoms with E-state index in [-0.39, 0.29) is 0 Å². The van der Waals surface area contributed by atoms with Crippen molar-refractivity contribution in [2.45, 2.75) is 18.9 Å². The van der Waals surface area contributed by atoms with E-state index in [1.54, 1.807) is 0 Å². The lowest BCUT2D eigenvalue weighted by Crippen LogP contribution is -2.26. The lowest BCUT2D eigenvalue weighted by molar-refractivity contribution is 0.337. The molecule has 1 saturated carbocycles. The summed E-state index contributed by atoms with van der Waals surface area (Å²) in [6, 6.07) is 11.3. The summed E-state index contributed by atoms with van der Waals surface area (Å²) in [5.41, 5.74) is 1.22. The first kappa shape index (κ1) is 9.53. The molecule has 14 heavy (non-hydrogen) atoms. The lowest BCUT2D eigenvalue weighted by Gasteiger charge is -2.16. The molecule has 0 unspecified atom stereocenters. The van der Waals surface area contributed by atoms with Crippen LogP contribution in [0, 0.1) is 0 Å². The summed E-state index contributed by atoms with van der Waals surface area (Å²) in [6.07, 6.45) is 2.78. The Morgan fingerprint density at radius 1 is 1.29 bits per heavy atom. The Labute approximate surface area is 85.9 Å². The second-order valence-electron chi connectivity index (χ2n) is 4.00. The maximum atomic E-state index is 3.42. The molecule has 0 saturated heterocycles. The summed E-state index contributed by atoms with van der Waals surface area (Å²) in [5, 5.41) is 3.42. The number of rotatable bonds is 5. The Morgan fingerprint density at radius 3 is 2.64 bits per heavy atom. The zero-order chi connectivity index (χ0) is 9.80. The zero-order valence-electron chi connectivity index (χ0n) is 8.74. The Balaban J connectivity index is 1.67. The number of hydrogen-bond donors (Lipinski definition) is 1. The summed E-state index contributed by atoms with van der Waals surface area (Å²) in [6.45, 7) is 2.18. The van der Waals surface area contributed by atoms with E-state index in [4.69, 9.17) is 0 Å². The molecule has 0 bridgehead atoms. The van der Waals surface area contributed by atoms with E-state index < -0.39 is 0 Å². The predicted octanol–water partition coefficient (Wildman–Crippen LogP) is 2.19. The van der Waals surface area contributed by atoms with Gasteiger partial charge in [-0.3, -0.25) is 0 Å². The molecule has 2 nitrogen and oxygen atoms in total. The summed E-state index contributed by atoms with van der Waals surface area (Å²) >= 11 is 0. The van der Waals surface area contributed by atoms with Gasteiger partial charge in [0.15, 0.2) is 0 Å². The predicted molar refractivity (Wildman–Crippen MR) is 60.6 cm³/mol. The number of likely N-dealkylation sites (N-methyl/N-ethyl adjacent to an activating group) is 1. The van der Waals surface area contributed by atoms with Gasteiger partial charge in [-0.15, -0.1) is 0 Å². The second-order valence-corrected chi connectivity index (χ2v) is 4.00. The molecule has 0 amide bonds. The minimum atomic E-state index is 0.868. The Morgan fingerprint density at radius 2 is 2.00 bits per heavy atom. The highest BCUT2D eigenvalue weighted by molar-refractivity contribution is 5.42. The molecule has 0 aliphatic heterocycles. The molecule has 1 fully saturated rings. The van der Waals surface area contributed by atoms with Gasteiger partial charge < -0.3 is 10.2 Å². The van der Waals surface area contributed by atoms with Crippen molar-refractivity contribution < 1.29 is 0 Å². The summed E-state index contributed by atoms with van der Waals surface area (Å²) in [4.78, 5) is 2.44. The summed E-state index contributed by atoms with van der Waals surface area (Å²) in [5.74, 6) is 0. The quantitative estimate of drug-likeness (QED) is 0.765. The van der Waals surface area contributed by atoms with E-state index >= 15 is 0 Å². The summed E-state index contributed by atoms with van der Waals surface area (Å²) in [7, 11) is 2.21. The van der Waals surface area contributed by atoms with Gasteiger partial charge in [0.25, 0.3) is 0 Å². The summed E-state index contributed by atoms with van der Waals surface area (Å²) < 4.78 is 0. The average Bonchev–Trinajstić information content (AvgIpc) is 3.02. The molecule has 2 rings (SSSR count). The van der Waals surface area contributed by atoms with Crippen molar-refractivity contribution in [1.82, 2.24) is 4.90 Å². The number of para-hydroxylation sites is 1. The van der Waals surface area contributed by atoms with Crippen molar-refractivity contribution in [3.05, 3.63) is 30.3 Å². The van der Waals surface area contributed by atoms with Crippen LogP contribution >= 0.6 is 0 Å². The molecule has 1 aliphatic carbocycles. The standard InChI is InChI=1S/C12H18N2/c1-14(12-7-8-12)10-9-13-11-5-3-2-4-6-11/h2-6,12-13H,7-10H2,1H3. The van der Waals surface area contributed by atoms with Crippen molar-refractivity contribution in [2.24, 2.45) is 0 Å². The van der Waals surface area contributed by atoms with Crippen molar-refractivity contribution in [3.8, 4) is 0 Å². The van der Waals surface area contributed by atoms with Crippen LogP contribution in [0.1, 0.15) is 12.8 Å². The fourth-order valence-electron chi connectivity index (χ4n) is 1.63. The van der Waals surface area contributed by atoms with Crippen LogP contribution in [0.15, 0.2) is 30.3 Å². The van der Waals surface area contributed by atoms with Gasteiger partial charge >= 0.3 is 0 Å². The molecule has 1 N–H and O–H groups in total. The van der Waals surface area contributed by atoms with E-state index in [1.807, 2.05) is 6.07 Å². The van der Waals surface area contributed by atoms with Crippen LogP contribution in [0.4, 0.5) is 5.69 Å². The number of anilines is 1. The van der Waals surface area contributed by atoms with E-state index in [1.165, 1.54) is 18.5 Å². The fraction of sp³-hybridized carbons (Fsp3) is 0.500. The molecule has 0 heterocycles. The smallest absolute Gasteiger partial charge is 0.0340 e. The lowest BCUT2D eigenvalue weighted by atomic mass is 10.3. The van der Waals surface area contributed by atoms with Crippen LogP contribution in [0.5, 0.6) is 0 Å². The van der Waals surface area contributed by atoms with E-state index in [9.17, 15) is 0 Å². The van der Waals surface area contributed by atoms with Crippen LogP contribution in [0.3, 0.4) is 0 Å². The molecule has 0 atom stereocenters. The average molecular weight is 190 g/mol. The van der Waals surface area contributed by atoms with Gasteiger partial charge in [-0.1, -0.05) is 18.2 Å². The maximum absolute atomic E-state index is 3.42. The van der Waals surface area contributed by atoms with E-state index in [2.05, 4.69) is 41.5 Å². The molecule has 1 aromatic carbocycles. The largest absolute Gasteiger partial charge is 0.384 e. The maximum Gasteiger partial charge on any atom is 0.0340 e. The Bertz CT molecular complexity index is 267. The minimum absolute atomic E-state index is 0.868. The van der Waals surface area contributed by atoms with Crippen LogP contribution in [0.2, 0.25) is 0 Å². The van der Waals surface area contributed by atoms with Gasteiger partial charge in [-0.2, -0.15) is 0 Å². The van der Waals surface area contributed by atoms with Gasteiger partial charge in [0.05, 0.1) is 0 Å². The van der Waals surface area contributed by atoms with Gasteiger partial charge in [-0.05, 0) is 32.0 Å². The number of hydrogen-bond acceptors (Lipinski definition) is 2. The highest BCUT2D eigenvalue weighted by Gasteiger charge is 2.25. The molecule has 76 valence electrons. The fourth-order valence-corrected chi connectivity index (χ4v) is 1.63. The third-order valence-corrected chi connectivity index (χ3v) is 2.74. The normalized spacial score (nSPS) is 15.9. The van der Waals surface area contributed by atoms with Crippen molar-refractivity contribution >= 4 is 5.69 Å². The minimum Gasteiger partial charge on any atom is -0.384 e. The zero-order valence-corrected chi connectivity index (χ0v) is 8.74. The first-order chi connectivity index (χ1) is 6.86. The molecule has 0 radical (unpaired) electrons. The van der Waals surface area contributed by atoms with Gasteiger partial charge in [-0.25, -0.2) is 0 Å². The Hall–Kier alpha value is -1.02.